The zero-order chi connectivity index (χ0) is 16.8. The van der Waals surface area contributed by atoms with Crippen LogP contribution in [0.5, 0.6) is 11.5 Å². The number of benzene rings is 3. The van der Waals surface area contributed by atoms with E-state index in [1.165, 1.54) is 0 Å². The number of carbonyl (C=O) groups is 1. The molecule has 0 aromatic heterocycles. The molecule has 0 saturated heterocycles. The van der Waals surface area contributed by atoms with E-state index in [0.29, 0.717) is 27.9 Å². The van der Waals surface area contributed by atoms with Gasteiger partial charge in [0.2, 0.25) is 0 Å². The van der Waals surface area contributed by atoms with Crippen molar-refractivity contribution in [3.05, 3.63) is 83.9 Å². The summed E-state index contributed by atoms with van der Waals surface area (Å²) in [6.07, 6.45) is 0. The van der Waals surface area contributed by atoms with Gasteiger partial charge in [0.15, 0.2) is 5.75 Å². The summed E-state index contributed by atoms with van der Waals surface area (Å²) in [4.78, 5) is 12.2. The number of nitrogens with one attached hydrogen (secondary N) is 2. The van der Waals surface area contributed by atoms with Gasteiger partial charge in [0.05, 0.1) is 5.69 Å². The molecule has 3 aromatic carbocycles. The summed E-state index contributed by atoms with van der Waals surface area (Å²) in [5, 5.41) is 6.07. The van der Waals surface area contributed by atoms with Crippen LogP contribution in [-0.2, 0) is 0 Å². The van der Waals surface area contributed by atoms with Crippen LogP contribution < -0.4 is 15.4 Å². The normalized spacial score (nSPS) is 10.0. The van der Waals surface area contributed by atoms with Gasteiger partial charge in [-0.3, -0.25) is 0 Å². The number of hydrogen-bond donors (Lipinski definition) is 2. The van der Waals surface area contributed by atoms with Crippen LogP contribution in [0.3, 0.4) is 0 Å². The van der Waals surface area contributed by atoms with Crippen molar-refractivity contribution in [2.45, 2.75) is 0 Å². The summed E-state index contributed by atoms with van der Waals surface area (Å²) >= 11 is 5.91. The van der Waals surface area contributed by atoms with Crippen molar-refractivity contribution < 1.29 is 9.53 Å². The van der Waals surface area contributed by atoms with Gasteiger partial charge < -0.3 is 15.4 Å². The first-order valence-electron chi connectivity index (χ1n) is 7.36. The summed E-state index contributed by atoms with van der Waals surface area (Å²) in [5.41, 5.74) is 1.18. The minimum atomic E-state index is -0.374. The Kier molecular flexibility index (Phi) is 4.99. The minimum absolute atomic E-state index is 0.374. The minimum Gasteiger partial charge on any atom is -0.455 e. The second kappa shape index (κ2) is 7.53. The lowest BCUT2D eigenvalue weighted by Crippen LogP contribution is -2.19. The van der Waals surface area contributed by atoms with Crippen LogP contribution in [0.4, 0.5) is 16.2 Å². The monoisotopic (exact) mass is 338 g/mol. The third-order valence-electron chi connectivity index (χ3n) is 3.19. The lowest BCUT2D eigenvalue weighted by molar-refractivity contribution is 0.262. The van der Waals surface area contributed by atoms with E-state index in [1.54, 1.807) is 36.4 Å². The second-order valence-electron chi connectivity index (χ2n) is 5.00. The molecule has 0 radical (unpaired) electrons. The van der Waals surface area contributed by atoms with Crippen molar-refractivity contribution in [2.24, 2.45) is 0 Å². The Labute approximate surface area is 145 Å². The first-order chi connectivity index (χ1) is 11.7. The Balaban J connectivity index is 1.72. The predicted octanol–water partition coefficient (Wildman–Crippen LogP) is 5.78. The maximum atomic E-state index is 12.2. The van der Waals surface area contributed by atoms with Crippen LogP contribution in [0.1, 0.15) is 0 Å². The largest absolute Gasteiger partial charge is 0.455 e. The number of urea groups is 1. The SMILES string of the molecule is O=C(Nc1cccc(Cl)c1)Nc1ccccc1Oc1ccccc1. The molecule has 0 aliphatic rings. The molecule has 5 heteroatoms. The first-order valence-corrected chi connectivity index (χ1v) is 7.74. The zero-order valence-corrected chi connectivity index (χ0v) is 13.5. The maximum absolute atomic E-state index is 12.2. The molecule has 24 heavy (non-hydrogen) atoms. The molecule has 0 fully saturated rings. The van der Waals surface area contributed by atoms with E-state index in [9.17, 15) is 4.79 Å². The van der Waals surface area contributed by atoms with Crippen LogP contribution in [0.15, 0.2) is 78.9 Å². The zero-order valence-electron chi connectivity index (χ0n) is 12.7. The Morgan fingerprint density at radius 1 is 0.833 bits per heavy atom. The average molecular weight is 339 g/mol. The summed E-state index contributed by atoms with van der Waals surface area (Å²) in [7, 11) is 0. The fourth-order valence-electron chi connectivity index (χ4n) is 2.13. The lowest BCUT2D eigenvalue weighted by atomic mass is 10.3. The van der Waals surface area contributed by atoms with E-state index in [2.05, 4.69) is 10.6 Å². The van der Waals surface area contributed by atoms with Crippen molar-refractivity contribution in [1.29, 1.82) is 0 Å². The second-order valence-corrected chi connectivity index (χ2v) is 5.44. The lowest BCUT2D eigenvalue weighted by Gasteiger charge is -2.13. The van der Waals surface area contributed by atoms with Gasteiger partial charge in [-0.1, -0.05) is 48.0 Å². The molecule has 0 saturated carbocycles. The van der Waals surface area contributed by atoms with E-state index in [1.807, 2.05) is 42.5 Å². The molecular weight excluding hydrogens is 324 g/mol. The highest BCUT2D eigenvalue weighted by atomic mass is 35.5. The van der Waals surface area contributed by atoms with Crippen molar-refractivity contribution >= 4 is 29.0 Å². The van der Waals surface area contributed by atoms with Crippen molar-refractivity contribution in [1.82, 2.24) is 0 Å². The number of para-hydroxylation sites is 3. The predicted molar refractivity (Wildman–Crippen MR) is 97.1 cm³/mol. The van der Waals surface area contributed by atoms with E-state index >= 15 is 0 Å². The standard InChI is InChI=1S/C19H15ClN2O2/c20-14-7-6-8-15(13-14)21-19(23)22-17-11-4-5-12-18(17)24-16-9-2-1-3-10-16/h1-13H,(H2,21,22,23). The number of carbonyl (C=O) groups excluding carboxylic acids is 1. The number of amides is 2. The molecule has 120 valence electrons. The Bertz CT molecular complexity index is 838. The van der Waals surface area contributed by atoms with Crippen molar-refractivity contribution in [2.75, 3.05) is 10.6 Å². The molecule has 0 heterocycles. The Morgan fingerprint density at radius 3 is 2.38 bits per heavy atom. The molecule has 2 amide bonds. The van der Waals surface area contributed by atoms with Crippen LogP contribution in [0.2, 0.25) is 5.02 Å². The van der Waals surface area contributed by atoms with Crippen LogP contribution in [0, 0.1) is 0 Å². The number of hydrogen-bond acceptors (Lipinski definition) is 2. The number of rotatable bonds is 4. The molecule has 0 unspecified atom stereocenters. The smallest absolute Gasteiger partial charge is 0.323 e. The number of anilines is 2. The van der Waals surface area contributed by atoms with Gasteiger partial charge in [0, 0.05) is 10.7 Å². The van der Waals surface area contributed by atoms with Gasteiger partial charge in [-0.25, -0.2) is 4.79 Å². The highest BCUT2D eigenvalue weighted by Crippen LogP contribution is 2.29. The van der Waals surface area contributed by atoms with E-state index in [0.717, 1.165) is 0 Å². The van der Waals surface area contributed by atoms with Crippen molar-refractivity contribution in [3.63, 3.8) is 0 Å². The molecule has 0 aliphatic heterocycles. The maximum Gasteiger partial charge on any atom is 0.323 e. The quantitative estimate of drug-likeness (QED) is 0.633. The fraction of sp³-hybridized carbons (Fsp3) is 0. The summed E-state index contributed by atoms with van der Waals surface area (Å²) < 4.78 is 5.82. The van der Waals surface area contributed by atoms with E-state index in [-0.39, 0.29) is 6.03 Å². The average Bonchev–Trinajstić information content (AvgIpc) is 2.57. The van der Waals surface area contributed by atoms with Gasteiger partial charge >= 0.3 is 6.03 Å². The highest BCUT2D eigenvalue weighted by Gasteiger charge is 2.08. The van der Waals surface area contributed by atoms with Crippen LogP contribution >= 0.6 is 11.6 Å². The van der Waals surface area contributed by atoms with E-state index in [4.69, 9.17) is 16.3 Å². The van der Waals surface area contributed by atoms with Gasteiger partial charge in [0.25, 0.3) is 0 Å². The first kappa shape index (κ1) is 15.9. The third kappa shape index (κ3) is 4.27. The van der Waals surface area contributed by atoms with E-state index < -0.39 is 0 Å². The topological polar surface area (TPSA) is 50.4 Å². The fourth-order valence-corrected chi connectivity index (χ4v) is 2.32. The molecule has 4 nitrogen and oxygen atoms in total. The van der Waals surface area contributed by atoms with Crippen molar-refractivity contribution in [3.8, 4) is 11.5 Å². The number of ether oxygens (including phenoxy) is 1. The van der Waals surface area contributed by atoms with Gasteiger partial charge in [0.1, 0.15) is 5.75 Å². The number of halogens is 1. The Morgan fingerprint density at radius 2 is 1.58 bits per heavy atom. The summed E-state index contributed by atoms with van der Waals surface area (Å²) in [6, 6.07) is 23.2. The van der Waals surface area contributed by atoms with Gasteiger partial charge in [-0.15, -0.1) is 0 Å². The summed E-state index contributed by atoms with van der Waals surface area (Å²) in [6.45, 7) is 0. The molecular formula is C19H15ClN2O2. The summed E-state index contributed by atoms with van der Waals surface area (Å²) in [5.74, 6) is 1.26. The van der Waals surface area contributed by atoms with Crippen LogP contribution in [-0.4, -0.2) is 6.03 Å². The molecule has 0 atom stereocenters. The van der Waals surface area contributed by atoms with Gasteiger partial charge in [-0.2, -0.15) is 0 Å². The highest BCUT2D eigenvalue weighted by molar-refractivity contribution is 6.30. The molecule has 2 N–H and O–H groups in total. The molecule has 3 rings (SSSR count). The van der Waals surface area contributed by atoms with Crippen LogP contribution in [0.25, 0.3) is 0 Å². The Hall–Kier alpha value is -2.98. The molecule has 0 spiro atoms. The molecule has 0 aliphatic carbocycles. The third-order valence-corrected chi connectivity index (χ3v) is 3.42. The molecule has 3 aromatic rings. The molecule has 0 bridgehead atoms. The van der Waals surface area contributed by atoms with Gasteiger partial charge in [-0.05, 0) is 42.5 Å².